The third-order valence-corrected chi connectivity index (χ3v) is 6.10. The van der Waals surface area contributed by atoms with E-state index >= 15 is 0 Å². The quantitative estimate of drug-likeness (QED) is 0.606. The zero-order valence-corrected chi connectivity index (χ0v) is 19.1. The minimum absolute atomic E-state index is 0.0508. The fourth-order valence-electron chi connectivity index (χ4n) is 3.97. The first-order chi connectivity index (χ1) is 15.9. The summed E-state index contributed by atoms with van der Waals surface area (Å²) in [5.41, 5.74) is 1.58. The Hall–Kier alpha value is -3.39. The molecule has 33 heavy (non-hydrogen) atoms. The van der Waals surface area contributed by atoms with E-state index < -0.39 is 17.9 Å². The van der Waals surface area contributed by atoms with Gasteiger partial charge in [-0.3, -0.25) is 14.5 Å². The van der Waals surface area contributed by atoms with Gasteiger partial charge < -0.3 is 20.1 Å². The Labute approximate surface area is 194 Å². The average Bonchev–Trinajstić information content (AvgIpc) is 2.86. The van der Waals surface area contributed by atoms with Crippen LogP contribution in [-0.2, 0) is 9.59 Å². The Morgan fingerprint density at radius 1 is 1.00 bits per heavy atom. The molecule has 0 aliphatic carbocycles. The molecule has 1 fully saturated rings. The molecule has 2 amide bonds. The van der Waals surface area contributed by atoms with Gasteiger partial charge in [-0.25, -0.2) is 4.79 Å². The van der Waals surface area contributed by atoms with E-state index in [4.69, 9.17) is 4.74 Å². The van der Waals surface area contributed by atoms with Gasteiger partial charge in [0, 0.05) is 44.2 Å². The summed E-state index contributed by atoms with van der Waals surface area (Å²) in [5.74, 6) is -0.880. The minimum atomic E-state index is -1.15. The predicted molar refractivity (Wildman–Crippen MR) is 124 cm³/mol. The second-order valence-corrected chi connectivity index (χ2v) is 8.13. The van der Waals surface area contributed by atoms with E-state index in [1.54, 1.807) is 42.3 Å². The van der Waals surface area contributed by atoms with Crippen LogP contribution in [0.3, 0.4) is 0 Å². The number of amides is 2. The summed E-state index contributed by atoms with van der Waals surface area (Å²) in [7, 11) is 1.64. The summed E-state index contributed by atoms with van der Waals surface area (Å²) in [6.07, 6.45) is 0.120. The zero-order valence-electron chi connectivity index (χ0n) is 19.1. The fraction of sp³-hybridized carbons (Fsp3) is 0.400. The summed E-state index contributed by atoms with van der Waals surface area (Å²) in [6, 6.07) is 15.5. The largest absolute Gasteiger partial charge is 0.497 e. The Morgan fingerprint density at radius 2 is 1.64 bits per heavy atom. The SMILES string of the molecule is COc1ccc(C(C)N2CCN(C(=O)CC[C@H](NC(=O)c3ccccc3)C(=O)O)CC2)cc1. The van der Waals surface area contributed by atoms with Gasteiger partial charge in [0.15, 0.2) is 0 Å². The Morgan fingerprint density at radius 3 is 2.21 bits per heavy atom. The molecule has 8 heteroatoms. The zero-order chi connectivity index (χ0) is 23.8. The van der Waals surface area contributed by atoms with Gasteiger partial charge in [0.05, 0.1) is 7.11 Å². The molecule has 1 aliphatic rings. The number of ether oxygens (including phenoxy) is 1. The highest BCUT2D eigenvalue weighted by Gasteiger charge is 2.27. The van der Waals surface area contributed by atoms with E-state index in [1.807, 2.05) is 12.1 Å². The Kier molecular flexibility index (Phi) is 8.43. The summed E-state index contributed by atoms with van der Waals surface area (Å²) in [4.78, 5) is 40.7. The number of nitrogens with one attached hydrogen (secondary N) is 1. The van der Waals surface area contributed by atoms with Crippen LogP contribution < -0.4 is 10.1 Å². The van der Waals surface area contributed by atoms with Crippen molar-refractivity contribution in [1.82, 2.24) is 15.1 Å². The monoisotopic (exact) mass is 453 g/mol. The first kappa shape index (κ1) is 24.3. The average molecular weight is 454 g/mol. The minimum Gasteiger partial charge on any atom is -0.497 e. The number of piperazine rings is 1. The number of rotatable bonds is 9. The number of hydrogen-bond acceptors (Lipinski definition) is 5. The van der Waals surface area contributed by atoms with E-state index in [-0.39, 0.29) is 24.8 Å². The molecule has 2 aromatic rings. The molecule has 1 heterocycles. The topological polar surface area (TPSA) is 99.2 Å². The number of carboxylic acids is 1. The number of carboxylic acid groups (broad SMARTS) is 1. The van der Waals surface area contributed by atoms with Crippen molar-refractivity contribution in [3.8, 4) is 5.75 Å². The van der Waals surface area contributed by atoms with Crippen LogP contribution in [0.15, 0.2) is 54.6 Å². The Balaban J connectivity index is 1.47. The molecule has 2 N–H and O–H groups in total. The smallest absolute Gasteiger partial charge is 0.326 e. The Bertz CT molecular complexity index is 940. The van der Waals surface area contributed by atoms with E-state index in [0.29, 0.717) is 18.7 Å². The molecule has 1 aliphatic heterocycles. The highest BCUT2D eigenvalue weighted by molar-refractivity contribution is 5.96. The molecule has 0 spiro atoms. The van der Waals surface area contributed by atoms with Crippen LogP contribution in [0.5, 0.6) is 5.75 Å². The van der Waals surface area contributed by atoms with Crippen molar-refractivity contribution in [2.24, 2.45) is 0 Å². The van der Waals surface area contributed by atoms with Gasteiger partial charge >= 0.3 is 5.97 Å². The number of carbonyl (C=O) groups is 3. The summed E-state index contributed by atoms with van der Waals surface area (Å²) in [6.45, 7) is 4.81. The van der Waals surface area contributed by atoms with Crippen molar-refractivity contribution in [3.63, 3.8) is 0 Å². The van der Waals surface area contributed by atoms with Crippen LogP contribution in [0, 0.1) is 0 Å². The number of benzene rings is 2. The van der Waals surface area contributed by atoms with Crippen molar-refractivity contribution in [2.45, 2.75) is 31.8 Å². The lowest BCUT2D eigenvalue weighted by Gasteiger charge is -2.38. The van der Waals surface area contributed by atoms with Crippen LogP contribution in [0.4, 0.5) is 0 Å². The van der Waals surface area contributed by atoms with Crippen molar-refractivity contribution in [2.75, 3.05) is 33.3 Å². The van der Waals surface area contributed by atoms with Crippen LogP contribution in [0.2, 0.25) is 0 Å². The molecular formula is C25H31N3O5. The third-order valence-electron chi connectivity index (χ3n) is 6.10. The number of hydrogen-bond donors (Lipinski definition) is 2. The standard InChI is InChI=1S/C25H31N3O5/c1-18(19-8-10-21(33-2)11-9-19)27-14-16-28(17-15-27)23(29)13-12-22(25(31)32)26-24(30)20-6-4-3-5-7-20/h3-11,18,22H,12-17H2,1-2H3,(H,26,30)(H,31,32)/t18?,22-/m0/s1. The van der Waals surface area contributed by atoms with Crippen molar-refractivity contribution in [3.05, 3.63) is 65.7 Å². The molecule has 0 saturated carbocycles. The van der Waals surface area contributed by atoms with E-state index in [0.717, 1.165) is 18.8 Å². The number of aliphatic carboxylic acids is 1. The van der Waals surface area contributed by atoms with Gasteiger partial charge in [-0.1, -0.05) is 30.3 Å². The van der Waals surface area contributed by atoms with Crippen molar-refractivity contribution < 1.29 is 24.2 Å². The molecule has 0 radical (unpaired) electrons. The van der Waals surface area contributed by atoms with Crippen LogP contribution in [0.1, 0.15) is 41.7 Å². The third kappa shape index (κ3) is 6.55. The first-order valence-electron chi connectivity index (χ1n) is 11.1. The van der Waals surface area contributed by atoms with Crippen LogP contribution in [-0.4, -0.2) is 72.0 Å². The summed E-state index contributed by atoms with van der Waals surface area (Å²) >= 11 is 0. The molecule has 2 atom stereocenters. The molecule has 0 bridgehead atoms. The van der Waals surface area contributed by atoms with E-state index in [9.17, 15) is 19.5 Å². The maximum atomic E-state index is 12.7. The van der Waals surface area contributed by atoms with Crippen LogP contribution >= 0.6 is 0 Å². The van der Waals surface area contributed by atoms with Gasteiger partial charge in [0.1, 0.15) is 11.8 Å². The highest BCUT2D eigenvalue weighted by Crippen LogP contribution is 2.24. The van der Waals surface area contributed by atoms with Gasteiger partial charge in [-0.2, -0.15) is 0 Å². The summed E-state index contributed by atoms with van der Waals surface area (Å²) in [5, 5.41) is 12.0. The lowest BCUT2D eigenvalue weighted by molar-refractivity contribution is -0.140. The van der Waals surface area contributed by atoms with Gasteiger partial charge in [0.25, 0.3) is 5.91 Å². The van der Waals surface area contributed by atoms with Crippen molar-refractivity contribution in [1.29, 1.82) is 0 Å². The second kappa shape index (κ2) is 11.5. The van der Waals surface area contributed by atoms with Crippen molar-refractivity contribution >= 4 is 17.8 Å². The maximum Gasteiger partial charge on any atom is 0.326 e. The molecule has 0 aromatic heterocycles. The van der Waals surface area contributed by atoms with Gasteiger partial charge in [0.2, 0.25) is 5.91 Å². The lowest BCUT2D eigenvalue weighted by Crippen LogP contribution is -2.49. The number of carbonyl (C=O) groups excluding carboxylic acids is 2. The fourth-order valence-corrected chi connectivity index (χ4v) is 3.97. The molecule has 2 aromatic carbocycles. The van der Waals surface area contributed by atoms with E-state index in [1.165, 1.54) is 5.56 Å². The molecular weight excluding hydrogens is 422 g/mol. The predicted octanol–water partition coefficient (Wildman–Crippen LogP) is 2.56. The second-order valence-electron chi connectivity index (χ2n) is 8.13. The lowest BCUT2D eigenvalue weighted by atomic mass is 10.1. The molecule has 3 rings (SSSR count). The van der Waals surface area contributed by atoms with Crippen LogP contribution in [0.25, 0.3) is 0 Å². The van der Waals surface area contributed by atoms with Gasteiger partial charge in [-0.05, 0) is 43.2 Å². The molecule has 176 valence electrons. The molecule has 1 unspecified atom stereocenters. The van der Waals surface area contributed by atoms with E-state index in [2.05, 4.69) is 29.3 Å². The molecule has 1 saturated heterocycles. The summed E-state index contributed by atoms with van der Waals surface area (Å²) < 4.78 is 5.22. The number of methoxy groups -OCH3 is 1. The highest BCUT2D eigenvalue weighted by atomic mass is 16.5. The van der Waals surface area contributed by atoms with Gasteiger partial charge in [-0.15, -0.1) is 0 Å². The molecule has 8 nitrogen and oxygen atoms in total. The first-order valence-corrected chi connectivity index (χ1v) is 11.1. The maximum absolute atomic E-state index is 12.7. The normalized spacial score (nSPS) is 16.0. The number of nitrogens with zero attached hydrogens (tertiary/aromatic N) is 2.